The van der Waals surface area contributed by atoms with Gasteiger partial charge < -0.3 is 19.3 Å². The maximum atomic E-state index is 14.2. The number of hydrogen-bond acceptors (Lipinski definition) is 10. The van der Waals surface area contributed by atoms with Gasteiger partial charge in [0.1, 0.15) is 17.3 Å². The van der Waals surface area contributed by atoms with Crippen molar-refractivity contribution >= 4 is 45.7 Å². The fourth-order valence-electron chi connectivity index (χ4n) is 5.04. The molecule has 0 radical (unpaired) electrons. The van der Waals surface area contributed by atoms with Crippen molar-refractivity contribution in [2.75, 3.05) is 25.2 Å². The number of Topliss-reactive ketones (excluding diaryl/α,β-unsaturated/α-hetero) is 1. The summed E-state index contributed by atoms with van der Waals surface area (Å²) >= 11 is 2.37. The van der Waals surface area contributed by atoms with Gasteiger partial charge in [-0.15, -0.1) is 10.2 Å². The summed E-state index contributed by atoms with van der Waals surface area (Å²) in [7, 11) is 1.51. The lowest BCUT2D eigenvalue weighted by Crippen LogP contribution is -2.29. The van der Waals surface area contributed by atoms with Gasteiger partial charge in [0.05, 0.1) is 31.9 Å². The minimum Gasteiger partial charge on any atom is -0.507 e. The molecule has 252 valence electrons. The maximum Gasteiger partial charge on any atom is 0.301 e. The molecule has 12 heteroatoms. The van der Waals surface area contributed by atoms with Gasteiger partial charge in [0.2, 0.25) is 5.13 Å². The van der Waals surface area contributed by atoms with Crippen LogP contribution in [0.15, 0.2) is 76.6 Å². The summed E-state index contributed by atoms with van der Waals surface area (Å²) in [6.07, 6.45) is 2.75. The van der Waals surface area contributed by atoms with Gasteiger partial charge >= 0.3 is 5.91 Å². The van der Waals surface area contributed by atoms with Crippen LogP contribution in [0.2, 0.25) is 0 Å². The Labute approximate surface area is 287 Å². The van der Waals surface area contributed by atoms with Crippen LogP contribution in [0.4, 0.5) is 9.52 Å². The number of ketones is 1. The van der Waals surface area contributed by atoms with Crippen molar-refractivity contribution in [3.8, 4) is 17.2 Å². The summed E-state index contributed by atoms with van der Waals surface area (Å²) in [6.45, 7) is 7.34. The Kier molecular flexibility index (Phi) is 11.7. The van der Waals surface area contributed by atoms with Gasteiger partial charge in [-0.1, -0.05) is 74.6 Å². The number of unbranched alkanes of at least 4 members (excludes halogenated alkanes) is 1. The van der Waals surface area contributed by atoms with E-state index in [9.17, 15) is 19.1 Å². The number of hydrogen-bond donors (Lipinski definition) is 1. The van der Waals surface area contributed by atoms with Crippen molar-refractivity contribution in [3.63, 3.8) is 0 Å². The quantitative estimate of drug-likeness (QED) is 0.0329. The highest BCUT2D eigenvalue weighted by Gasteiger charge is 2.48. The van der Waals surface area contributed by atoms with E-state index in [1.165, 1.54) is 29.8 Å². The third kappa shape index (κ3) is 7.99. The molecular weight excluding hydrogens is 654 g/mol. The molecule has 5 rings (SSSR count). The molecule has 1 aromatic heterocycles. The maximum absolute atomic E-state index is 14.2. The number of carbonyl (C=O) groups excluding carboxylic acids is 2. The smallest absolute Gasteiger partial charge is 0.301 e. The number of methoxy groups -OCH3 is 1. The molecule has 1 unspecified atom stereocenters. The van der Waals surface area contributed by atoms with Crippen LogP contribution in [0, 0.1) is 11.7 Å². The zero-order valence-electron chi connectivity index (χ0n) is 27.3. The molecular formula is C36H38FN3O6S2. The van der Waals surface area contributed by atoms with Crippen molar-refractivity contribution in [1.82, 2.24) is 10.2 Å². The van der Waals surface area contributed by atoms with Crippen LogP contribution < -0.4 is 19.1 Å². The number of aliphatic hydroxyl groups excluding tert-OH is 1. The van der Waals surface area contributed by atoms with Crippen molar-refractivity contribution in [1.29, 1.82) is 0 Å². The second kappa shape index (κ2) is 16.1. The number of benzene rings is 3. The van der Waals surface area contributed by atoms with E-state index in [0.29, 0.717) is 63.2 Å². The average Bonchev–Trinajstić information content (AvgIpc) is 3.66. The van der Waals surface area contributed by atoms with Gasteiger partial charge in [-0.05, 0) is 72.4 Å². The molecule has 4 aromatic rings. The van der Waals surface area contributed by atoms with E-state index in [4.69, 9.17) is 14.2 Å². The molecule has 1 saturated heterocycles. The van der Waals surface area contributed by atoms with E-state index in [1.54, 1.807) is 60.7 Å². The number of aliphatic hydroxyl groups is 1. The minimum atomic E-state index is -1.05. The van der Waals surface area contributed by atoms with E-state index in [-0.39, 0.29) is 22.3 Å². The molecule has 1 aliphatic rings. The van der Waals surface area contributed by atoms with Crippen LogP contribution in [0.1, 0.15) is 62.8 Å². The third-order valence-corrected chi connectivity index (χ3v) is 9.81. The highest BCUT2D eigenvalue weighted by molar-refractivity contribution is 8.00. The normalized spacial score (nSPS) is 15.7. The summed E-state index contributed by atoms with van der Waals surface area (Å²) in [5, 5.41) is 20.2. The van der Waals surface area contributed by atoms with Crippen molar-refractivity contribution in [3.05, 3.63) is 94.8 Å². The SMILES string of the molecule is CCCCOc1ccc(/C(O)=C2\C(=O)C(=O)N(c3nnc(SCc4ccccc4F)s3)C2c2ccc(OCCC(C)C)c(OC)c2)cc1. The topological polar surface area (TPSA) is 111 Å². The Balaban J connectivity index is 1.53. The molecule has 0 bridgehead atoms. The van der Waals surface area contributed by atoms with Gasteiger partial charge in [-0.25, -0.2) is 4.39 Å². The predicted octanol–water partition coefficient (Wildman–Crippen LogP) is 8.21. The first-order chi connectivity index (χ1) is 23.2. The van der Waals surface area contributed by atoms with Crippen LogP contribution >= 0.6 is 23.1 Å². The number of amides is 1. The Bertz CT molecular complexity index is 1780. The lowest BCUT2D eigenvalue weighted by molar-refractivity contribution is -0.132. The molecule has 1 atom stereocenters. The molecule has 0 aliphatic carbocycles. The molecule has 0 saturated carbocycles. The van der Waals surface area contributed by atoms with E-state index < -0.39 is 17.7 Å². The number of carbonyl (C=O) groups is 2. The Hall–Kier alpha value is -4.42. The lowest BCUT2D eigenvalue weighted by Gasteiger charge is -2.23. The van der Waals surface area contributed by atoms with E-state index in [2.05, 4.69) is 31.0 Å². The molecule has 3 aromatic carbocycles. The number of anilines is 1. The highest BCUT2D eigenvalue weighted by Crippen LogP contribution is 2.45. The average molecular weight is 692 g/mol. The van der Waals surface area contributed by atoms with Gasteiger partial charge in [0.25, 0.3) is 5.78 Å². The number of nitrogens with zero attached hydrogens (tertiary/aromatic N) is 3. The van der Waals surface area contributed by atoms with Crippen LogP contribution in [-0.2, 0) is 15.3 Å². The zero-order valence-corrected chi connectivity index (χ0v) is 28.9. The first-order valence-electron chi connectivity index (χ1n) is 15.8. The first-order valence-corrected chi connectivity index (χ1v) is 17.6. The lowest BCUT2D eigenvalue weighted by atomic mass is 9.95. The largest absolute Gasteiger partial charge is 0.507 e. The summed E-state index contributed by atoms with van der Waals surface area (Å²) in [6, 6.07) is 17.3. The number of thioether (sulfide) groups is 1. The molecule has 0 spiro atoms. The van der Waals surface area contributed by atoms with E-state index in [1.807, 2.05) is 0 Å². The zero-order chi connectivity index (χ0) is 34.2. The van der Waals surface area contributed by atoms with Gasteiger partial charge in [-0.3, -0.25) is 14.5 Å². The van der Waals surface area contributed by atoms with Crippen LogP contribution in [0.3, 0.4) is 0 Å². The molecule has 1 fully saturated rings. The van der Waals surface area contributed by atoms with Gasteiger partial charge in [0.15, 0.2) is 15.8 Å². The third-order valence-electron chi connectivity index (χ3n) is 7.71. The molecule has 1 aliphatic heterocycles. The molecule has 48 heavy (non-hydrogen) atoms. The first kappa shape index (κ1) is 34.9. The minimum absolute atomic E-state index is 0.106. The number of ether oxygens (including phenoxy) is 3. The summed E-state index contributed by atoms with van der Waals surface area (Å²) in [5.41, 5.74) is 1.24. The Morgan fingerprint density at radius 1 is 1.02 bits per heavy atom. The summed E-state index contributed by atoms with van der Waals surface area (Å²) in [4.78, 5) is 28.7. The molecule has 1 N–H and O–H groups in total. The fraction of sp³-hybridized carbons (Fsp3) is 0.333. The van der Waals surface area contributed by atoms with Gasteiger partial charge in [0, 0.05) is 11.3 Å². The van der Waals surface area contributed by atoms with Gasteiger partial charge in [-0.2, -0.15) is 0 Å². The molecule has 2 heterocycles. The van der Waals surface area contributed by atoms with Crippen LogP contribution in [-0.4, -0.2) is 47.3 Å². The number of rotatable bonds is 15. The second-order valence-corrected chi connectivity index (χ2v) is 13.7. The van der Waals surface area contributed by atoms with Crippen molar-refractivity contribution in [2.24, 2.45) is 5.92 Å². The monoisotopic (exact) mass is 691 g/mol. The fourth-order valence-corrected chi connectivity index (χ4v) is 6.89. The van der Waals surface area contributed by atoms with Crippen molar-refractivity contribution in [2.45, 2.75) is 56.2 Å². The second-order valence-electron chi connectivity index (χ2n) is 11.6. The highest BCUT2D eigenvalue weighted by atomic mass is 32.2. The number of aromatic nitrogens is 2. The Morgan fingerprint density at radius 3 is 2.50 bits per heavy atom. The van der Waals surface area contributed by atoms with E-state index in [0.717, 1.165) is 30.6 Å². The molecule has 9 nitrogen and oxygen atoms in total. The predicted molar refractivity (Wildman–Crippen MR) is 185 cm³/mol. The number of halogens is 1. The van der Waals surface area contributed by atoms with Crippen molar-refractivity contribution < 1.29 is 33.3 Å². The standard InChI is InChI=1S/C36H38FN3O6S2/c1-5-6-18-45-26-14-11-23(12-15-26)32(41)30-31(24-13-16-28(29(20-24)44-4)46-19-17-22(2)3)40(34(43)33(30)42)35-38-39-36(48-35)47-21-25-9-7-8-10-27(25)37/h7-16,20,22,31,41H,5-6,17-19,21H2,1-4H3/b32-30+. The summed E-state index contributed by atoms with van der Waals surface area (Å²) < 4.78 is 32.1. The Morgan fingerprint density at radius 2 is 1.79 bits per heavy atom. The van der Waals surface area contributed by atoms with Crippen LogP contribution in [0.25, 0.3) is 5.76 Å². The van der Waals surface area contributed by atoms with Crippen LogP contribution in [0.5, 0.6) is 17.2 Å². The summed E-state index contributed by atoms with van der Waals surface area (Å²) in [5.74, 6) is -0.0852. The van der Waals surface area contributed by atoms with E-state index >= 15 is 0 Å². The molecule has 1 amide bonds.